The molecule has 0 atom stereocenters. The standard InChI is InChI=1S/C13H13F3N2O3S/c1-2-20-6-5-11(19)18-12-17-9-4-3-8(7-10(9)22-12)21-13(14,15)16/h3-4,7H,2,5-6H2,1H3,(H,17,18,19). The normalized spacial score (nSPS) is 11.6. The molecule has 2 aromatic rings. The van der Waals surface area contributed by atoms with Crippen molar-refractivity contribution in [3.05, 3.63) is 18.2 Å². The quantitative estimate of drug-likeness (QED) is 0.821. The van der Waals surface area contributed by atoms with Crippen molar-refractivity contribution in [2.75, 3.05) is 18.5 Å². The fourth-order valence-corrected chi connectivity index (χ4v) is 2.56. The number of hydrogen-bond acceptors (Lipinski definition) is 5. The van der Waals surface area contributed by atoms with E-state index in [1.165, 1.54) is 18.2 Å². The first-order valence-corrected chi connectivity index (χ1v) is 7.23. The van der Waals surface area contributed by atoms with Crippen molar-refractivity contribution >= 4 is 32.6 Å². The average molecular weight is 334 g/mol. The Morgan fingerprint density at radius 1 is 1.41 bits per heavy atom. The highest BCUT2D eigenvalue weighted by molar-refractivity contribution is 7.22. The molecule has 0 fully saturated rings. The first-order valence-electron chi connectivity index (χ1n) is 6.41. The Kier molecular flexibility index (Phi) is 5.19. The molecule has 0 aliphatic heterocycles. The van der Waals surface area contributed by atoms with E-state index in [0.717, 1.165) is 11.3 Å². The zero-order chi connectivity index (χ0) is 16.2. The Bertz CT molecular complexity index is 658. The van der Waals surface area contributed by atoms with Crippen LogP contribution < -0.4 is 10.1 Å². The second-order valence-corrected chi connectivity index (χ2v) is 5.22. The topological polar surface area (TPSA) is 60.5 Å². The van der Waals surface area contributed by atoms with Gasteiger partial charge in [-0.05, 0) is 19.1 Å². The molecule has 1 heterocycles. The molecular weight excluding hydrogens is 321 g/mol. The molecular formula is C13H13F3N2O3S. The number of carbonyl (C=O) groups excluding carboxylic acids is 1. The third-order valence-corrected chi connectivity index (χ3v) is 3.45. The fourth-order valence-electron chi connectivity index (χ4n) is 1.65. The second kappa shape index (κ2) is 6.93. The number of thiazole rings is 1. The van der Waals surface area contributed by atoms with Gasteiger partial charge in [0.25, 0.3) is 0 Å². The Morgan fingerprint density at radius 2 is 2.18 bits per heavy atom. The van der Waals surface area contributed by atoms with E-state index >= 15 is 0 Å². The van der Waals surface area contributed by atoms with Gasteiger partial charge in [0.1, 0.15) is 5.75 Å². The minimum atomic E-state index is -4.74. The number of aromatic nitrogens is 1. The largest absolute Gasteiger partial charge is 0.573 e. The smallest absolute Gasteiger partial charge is 0.406 e. The molecule has 0 radical (unpaired) electrons. The van der Waals surface area contributed by atoms with Crippen molar-refractivity contribution in [3.8, 4) is 5.75 Å². The van der Waals surface area contributed by atoms with Gasteiger partial charge in [-0.25, -0.2) is 4.98 Å². The number of ether oxygens (including phenoxy) is 2. The predicted molar refractivity (Wildman–Crippen MR) is 76.0 cm³/mol. The molecule has 1 aromatic heterocycles. The molecule has 1 amide bonds. The van der Waals surface area contributed by atoms with Crippen molar-refractivity contribution in [1.29, 1.82) is 0 Å². The summed E-state index contributed by atoms with van der Waals surface area (Å²) in [5, 5.41) is 2.90. The Labute approximate surface area is 128 Å². The van der Waals surface area contributed by atoms with Crippen molar-refractivity contribution in [1.82, 2.24) is 4.98 Å². The summed E-state index contributed by atoms with van der Waals surface area (Å²) in [7, 11) is 0. The van der Waals surface area contributed by atoms with Gasteiger partial charge in [-0.3, -0.25) is 4.79 Å². The van der Waals surface area contributed by atoms with E-state index in [9.17, 15) is 18.0 Å². The molecule has 1 aromatic carbocycles. The minimum Gasteiger partial charge on any atom is -0.406 e. The summed E-state index contributed by atoms with van der Waals surface area (Å²) in [5.74, 6) is -0.586. The number of halogens is 3. The highest BCUT2D eigenvalue weighted by Crippen LogP contribution is 2.31. The molecule has 120 valence electrons. The molecule has 0 saturated carbocycles. The van der Waals surface area contributed by atoms with Gasteiger partial charge < -0.3 is 14.8 Å². The Hall–Kier alpha value is -1.87. The van der Waals surface area contributed by atoms with Crippen molar-refractivity contribution < 1.29 is 27.4 Å². The van der Waals surface area contributed by atoms with E-state index in [2.05, 4.69) is 15.0 Å². The van der Waals surface area contributed by atoms with E-state index < -0.39 is 6.36 Å². The monoisotopic (exact) mass is 334 g/mol. The molecule has 2 rings (SSSR count). The molecule has 9 heteroatoms. The van der Waals surface area contributed by atoms with E-state index in [1.54, 1.807) is 0 Å². The van der Waals surface area contributed by atoms with E-state index in [-0.39, 0.29) is 18.1 Å². The van der Waals surface area contributed by atoms with E-state index in [0.29, 0.717) is 28.6 Å². The molecule has 1 N–H and O–H groups in total. The maximum Gasteiger partial charge on any atom is 0.573 e. The molecule has 0 bridgehead atoms. The molecule has 0 aliphatic carbocycles. The fraction of sp³-hybridized carbons (Fsp3) is 0.385. The van der Waals surface area contributed by atoms with Crippen LogP contribution in [0.15, 0.2) is 18.2 Å². The molecule has 0 unspecified atom stereocenters. The van der Waals surface area contributed by atoms with Gasteiger partial charge in [0.05, 0.1) is 23.2 Å². The maximum absolute atomic E-state index is 12.2. The van der Waals surface area contributed by atoms with Crippen LogP contribution in [0, 0.1) is 0 Å². The van der Waals surface area contributed by atoms with Crippen LogP contribution in [0.2, 0.25) is 0 Å². The number of nitrogens with zero attached hydrogens (tertiary/aromatic N) is 1. The average Bonchev–Trinajstić information content (AvgIpc) is 2.78. The lowest BCUT2D eigenvalue weighted by molar-refractivity contribution is -0.274. The third-order valence-electron chi connectivity index (χ3n) is 2.52. The van der Waals surface area contributed by atoms with Crippen LogP contribution >= 0.6 is 11.3 Å². The molecule has 22 heavy (non-hydrogen) atoms. The van der Waals surface area contributed by atoms with Crippen LogP contribution in [-0.2, 0) is 9.53 Å². The van der Waals surface area contributed by atoms with Gasteiger partial charge in [-0.2, -0.15) is 0 Å². The summed E-state index contributed by atoms with van der Waals surface area (Å²) in [6.45, 7) is 2.65. The van der Waals surface area contributed by atoms with E-state index in [4.69, 9.17) is 4.74 Å². The van der Waals surface area contributed by atoms with Gasteiger partial charge in [-0.15, -0.1) is 13.2 Å². The van der Waals surface area contributed by atoms with Crippen LogP contribution in [0.25, 0.3) is 10.2 Å². The summed E-state index contributed by atoms with van der Waals surface area (Å²) in [5.41, 5.74) is 0.486. The lowest BCUT2D eigenvalue weighted by atomic mass is 10.3. The van der Waals surface area contributed by atoms with Crippen LogP contribution in [0.5, 0.6) is 5.75 Å². The summed E-state index contributed by atoms with van der Waals surface area (Å²) < 4.78 is 45.9. The van der Waals surface area contributed by atoms with Gasteiger partial charge in [0.2, 0.25) is 5.91 Å². The third kappa shape index (κ3) is 4.85. The summed E-state index contributed by atoms with van der Waals surface area (Å²) in [6, 6.07) is 3.81. The summed E-state index contributed by atoms with van der Waals surface area (Å²) >= 11 is 1.07. The van der Waals surface area contributed by atoms with Gasteiger partial charge in [0.15, 0.2) is 5.13 Å². The lowest BCUT2D eigenvalue weighted by Crippen LogP contribution is -2.16. The number of hydrogen-bond donors (Lipinski definition) is 1. The maximum atomic E-state index is 12.2. The molecule has 0 saturated heterocycles. The van der Waals surface area contributed by atoms with Crippen LogP contribution in [-0.4, -0.2) is 30.5 Å². The number of fused-ring (bicyclic) bond motifs is 1. The van der Waals surface area contributed by atoms with Gasteiger partial charge >= 0.3 is 6.36 Å². The number of carbonyl (C=O) groups is 1. The molecule has 5 nitrogen and oxygen atoms in total. The lowest BCUT2D eigenvalue weighted by Gasteiger charge is -2.07. The van der Waals surface area contributed by atoms with E-state index in [1.807, 2.05) is 6.92 Å². The highest BCUT2D eigenvalue weighted by atomic mass is 32.1. The van der Waals surface area contributed by atoms with Crippen LogP contribution in [0.1, 0.15) is 13.3 Å². The first-order chi connectivity index (χ1) is 10.4. The highest BCUT2D eigenvalue weighted by Gasteiger charge is 2.31. The van der Waals surface area contributed by atoms with Crippen molar-refractivity contribution in [2.24, 2.45) is 0 Å². The summed E-state index contributed by atoms with van der Waals surface area (Å²) in [4.78, 5) is 15.7. The predicted octanol–water partition coefficient (Wildman–Crippen LogP) is 3.56. The number of amides is 1. The van der Waals surface area contributed by atoms with Crippen LogP contribution in [0.4, 0.5) is 18.3 Å². The van der Waals surface area contributed by atoms with Crippen molar-refractivity contribution in [3.63, 3.8) is 0 Å². The molecule has 0 spiro atoms. The Balaban J connectivity index is 2.05. The number of benzene rings is 1. The SMILES string of the molecule is CCOCCC(=O)Nc1nc2ccc(OC(F)(F)F)cc2s1. The number of anilines is 1. The summed E-state index contributed by atoms with van der Waals surface area (Å²) in [6.07, 6.45) is -4.55. The zero-order valence-electron chi connectivity index (χ0n) is 11.6. The number of rotatable bonds is 6. The Morgan fingerprint density at radius 3 is 2.86 bits per heavy atom. The van der Waals surface area contributed by atoms with Gasteiger partial charge in [-0.1, -0.05) is 11.3 Å². The minimum absolute atomic E-state index is 0.187. The van der Waals surface area contributed by atoms with Crippen LogP contribution in [0.3, 0.4) is 0 Å². The van der Waals surface area contributed by atoms with Crippen molar-refractivity contribution in [2.45, 2.75) is 19.7 Å². The van der Waals surface area contributed by atoms with Gasteiger partial charge in [0, 0.05) is 12.7 Å². The number of nitrogens with one attached hydrogen (secondary N) is 1. The zero-order valence-corrected chi connectivity index (χ0v) is 12.4. The second-order valence-electron chi connectivity index (χ2n) is 4.19. The number of alkyl halides is 3. The molecule has 0 aliphatic rings. The first kappa shape index (κ1) is 16.5.